The summed E-state index contributed by atoms with van der Waals surface area (Å²) >= 11 is 12.7. The topological polar surface area (TPSA) is 83.6 Å². The van der Waals surface area contributed by atoms with Crippen molar-refractivity contribution < 1.29 is 19.1 Å². The van der Waals surface area contributed by atoms with E-state index in [2.05, 4.69) is 0 Å². The number of furan rings is 1. The number of nitrogens with zero attached hydrogens (tertiary/aromatic N) is 2. The summed E-state index contributed by atoms with van der Waals surface area (Å²) in [4.78, 5) is 32.1. The SMILES string of the molecule is CC(C)(C)C(=O)c1oc2nc(-c3ccccc3Cl)c(-c3ccc(Cl)cc3)cc2c1N(C(=O)O)C(C)(C)C. The van der Waals surface area contributed by atoms with Crippen LogP contribution in [0.2, 0.25) is 10.0 Å². The lowest BCUT2D eigenvalue weighted by atomic mass is 9.88. The Bertz CT molecular complexity index is 1510. The van der Waals surface area contributed by atoms with Gasteiger partial charge in [-0.3, -0.25) is 9.69 Å². The minimum Gasteiger partial charge on any atom is -0.465 e. The molecule has 37 heavy (non-hydrogen) atoms. The molecule has 2 aromatic heterocycles. The number of fused-ring (bicyclic) bond motifs is 1. The normalized spacial score (nSPS) is 12.1. The minimum atomic E-state index is -1.21. The van der Waals surface area contributed by atoms with E-state index in [9.17, 15) is 14.7 Å². The maximum Gasteiger partial charge on any atom is 0.412 e. The second-order valence-corrected chi connectivity index (χ2v) is 11.7. The molecule has 0 aliphatic carbocycles. The van der Waals surface area contributed by atoms with E-state index < -0.39 is 17.0 Å². The smallest absolute Gasteiger partial charge is 0.412 e. The molecule has 0 saturated heterocycles. The van der Waals surface area contributed by atoms with E-state index in [0.717, 1.165) is 5.56 Å². The quantitative estimate of drug-likeness (QED) is 0.262. The van der Waals surface area contributed by atoms with Gasteiger partial charge in [0.05, 0.1) is 11.1 Å². The van der Waals surface area contributed by atoms with E-state index in [-0.39, 0.29) is 22.9 Å². The van der Waals surface area contributed by atoms with Gasteiger partial charge < -0.3 is 9.52 Å². The van der Waals surface area contributed by atoms with Gasteiger partial charge in [0.2, 0.25) is 11.5 Å². The number of Topliss-reactive ketones (excluding diaryl/α,β-unsaturated/α-hetero) is 1. The number of aromatic nitrogens is 1. The van der Waals surface area contributed by atoms with Crippen LogP contribution in [0.25, 0.3) is 33.5 Å². The first-order valence-corrected chi connectivity index (χ1v) is 12.5. The lowest BCUT2D eigenvalue weighted by molar-refractivity contribution is 0.0831. The Balaban J connectivity index is 2.17. The van der Waals surface area contributed by atoms with Crippen LogP contribution in [-0.2, 0) is 0 Å². The van der Waals surface area contributed by atoms with Gasteiger partial charge in [-0.1, -0.05) is 74.3 Å². The Kier molecular flexibility index (Phi) is 6.86. The first-order valence-electron chi connectivity index (χ1n) is 11.8. The third-order valence-corrected chi connectivity index (χ3v) is 6.50. The number of amides is 1. The van der Waals surface area contributed by atoms with E-state index in [1.54, 1.807) is 59.7 Å². The molecular weight excluding hydrogens is 511 g/mol. The lowest BCUT2D eigenvalue weighted by Gasteiger charge is -2.33. The van der Waals surface area contributed by atoms with E-state index in [4.69, 9.17) is 32.6 Å². The van der Waals surface area contributed by atoms with Gasteiger partial charge in [-0.05, 0) is 50.6 Å². The van der Waals surface area contributed by atoms with Crippen molar-refractivity contribution >= 4 is 51.9 Å². The van der Waals surface area contributed by atoms with Crippen molar-refractivity contribution in [3.63, 3.8) is 0 Å². The molecule has 0 unspecified atom stereocenters. The summed E-state index contributed by atoms with van der Waals surface area (Å²) < 4.78 is 6.10. The van der Waals surface area contributed by atoms with Gasteiger partial charge in [0.25, 0.3) is 0 Å². The molecule has 4 rings (SSSR count). The van der Waals surface area contributed by atoms with Gasteiger partial charge in [-0.15, -0.1) is 0 Å². The summed E-state index contributed by atoms with van der Waals surface area (Å²) in [7, 11) is 0. The molecule has 2 heterocycles. The molecule has 0 aliphatic rings. The second kappa shape index (κ2) is 9.51. The second-order valence-electron chi connectivity index (χ2n) is 10.9. The van der Waals surface area contributed by atoms with Gasteiger partial charge in [0.1, 0.15) is 5.69 Å². The van der Waals surface area contributed by atoms with Crippen LogP contribution >= 0.6 is 23.2 Å². The van der Waals surface area contributed by atoms with Crippen molar-refractivity contribution in [3.05, 3.63) is 70.4 Å². The number of carbonyl (C=O) groups is 2. The Hall–Kier alpha value is -3.35. The Morgan fingerprint density at radius 3 is 2.08 bits per heavy atom. The average molecular weight is 539 g/mol. The fourth-order valence-corrected chi connectivity index (χ4v) is 4.50. The number of anilines is 1. The van der Waals surface area contributed by atoms with E-state index in [0.29, 0.717) is 32.3 Å². The predicted molar refractivity (Wildman–Crippen MR) is 149 cm³/mol. The summed E-state index contributed by atoms with van der Waals surface area (Å²) in [5, 5.41) is 11.7. The Morgan fingerprint density at radius 2 is 1.54 bits per heavy atom. The zero-order valence-corrected chi connectivity index (χ0v) is 23.0. The van der Waals surface area contributed by atoms with Crippen molar-refractivity contribution in [3.8, 4) is 22.4 Å². The molecular formula is C29H28Cl2N2O4. The third-order valence-electron chi connectivity index (χ3n) is 5.91. The lowest BCUT2D eigenvalue weighted by Crippen LogP contribution is -2.46. The molecule has 0 saturated carbocycles. The number of ketones is 1. The number of pyridine rings is 1. The third kappa shape index (κ3) is 5.09. The standard InChI is InChI=1S/C29H28Cl2N2O4/c1-28(2,3)25(34)24-23(33(27(35)36)29(4,5)6)20-15-19(16-11-13-17(30)14-12-16)22(32-26(20)37-24)18-9-7-8-10-21(18)31/h7-15H,1-6H3,(H,35,36). The summed E-state index contributed by atoms with van der Waals surface area (Å²) in [5.41, 5.74) is 1.30. The summed E-state index contributed by atoms with van der Waals surface area (Å²) in [6.07, 6.45) is -1.21. The molecule has 1 N–H and O–H groups in total. The molecule has 0 aliphatic heterocycles. The fraction of sp³-hybridized carbons (Fsp3) is 0.276. The van der Waals surface area contributed by atoms with Crippen molar-refractivity contribution in [2.24, 2.45) is 5.41 Å². The van der Waals surface area contributed by atoms with Crippen LogP contribution in [0.3, 0.4) is 0 Å². The highest BCUT2D eigenvalue weighted by Gasteiger charge is 2.39. The molecule has 0 bridgehead atoms. The molecule has 0 fully saturated rings. The minimum absolute atomic E-state index is 0.0503. The van der Waals surface area contributed by atoms with E-state index in [1.165, 1.54) is 4.90 Å². The molecule has 4 aromatic rings. The van der Waals surface area contributed by atoms with Crippen LogP contribution in [-0.4, -0.2) is 27.5 Å². The summed E-state index contributed by atoms with van der Waals surface area (Å²) in [6.45, 7) is 10.6. The van der Waals surface area contributed by atoms with Crippen molar-refractivity contribution in [2.75, 3.05) is 4.90 Å². The van der Waals surface area contributed by atoms with Crippen molar-refractivity contribution in [1.29, 1.82) is 0 Å². The molecule has 1 amide bonds. The van der Waals surface area contributed by atoms with Crippen LogP contribution in [0, 0.1) is 5.41 Å². The van der Waals surface area contributed by atoms with Crippen LogP contribution in [0.15, 0.2) is 59.0 Å². The van der Waals surface area contributed by atoms with Gasteiger partial charge >= 0.3 is 6.09 Å². The van der Waals surface area contributed by atoms with Gasteiger partial charge in [-0.25, -0.2) is 9.78 Å². The number of hydrogen-bond acceptors (Lipinski definition) is 4. The number of carbonyl (C=O) groups excluding carboxylic acids is 1. The first-order chi connectivity index (χ1) is 17.2. The molecule has 192 valence electrons. The molecule has 0 spiro atoms. The maximum atomic E-state index is 13.5. The number of hydrogen-bond donors (Lipinski definition) is 1. The number of carboxylic acid groups (broad SMARTS) is 1. The highest BCUT2D eigenvalue weighted by Crippen LogP contribution is 2.44. The summed E-state index contributed by atoms with van der Waals surface area (Å²) in [6, 6.07) is 16.3. The number of rotatable bonds is 4. The van der Waals surface area contributed by atoms with Crippen LogP contribution < -0.4 is 4.90 Å². The monoisotopic (exact) mass is 538 g/mol. The van der Waals surface area contributed by atoms with Gasteiger partial charge in [0.15, 0.2) is 5.76 Å². The van der Waals surface area contributed by atoms with Crippen molar-refractivity contribution in [2.45, 2.75) is 47.1 Å². The number of benzene rings is 2. The number of halogens is 2. The Labute approximate surface area is 225 Å². The highest BCUT2D eigenvalue weighted by atomic mass is 35.5. The van der Waals surface area contributed by atoms with Crippen LogP contribution in [0.1, 0.15) is 52.1 Å². The molecule has 6 nitrogen and oxygen atoms in total. The Morgan fingerprint density at radius 1 is 0.919 bits per heavy atom. The van der Waals surface area contributed by atoms with Crippen LogP contribution in [0.4, 0.5) is 10.5 Å². The largest absolute Gasteiger partial charge is 0.465 e. The zero-order chi connectivity index (χ0) is 27.3. The molecule has 0 radical (unpaired) electrons. The molecule has 0 atom stereocenters. The predicted octanol–water partition coefficient (Wildman–Crippen LogP) is 8.98. The van der Waals surface area contributed by atoms with Crippen LogP contribution in [0.5, 0.6) is 0 Å². The maximum absolute atomic E-state index is 13.5. The van der Waals surface area contributed by atoms with Gasteiger partial charge in [0, 0.05) is 32.1 Å². The van der Waals surface area contributed by atoms with E-state index >= 15 is 0 Å². The van der Waals surface area contributed by atoms with Crippen molar-refractivity contribution in [1.82, 2.24) is 4.98 Å². The van der Waals surface area contributed by atoms with Gasteiger partial charge in [-0.2, -0.15) is 0 Å². The zero-order valence-electron chi connectivity index (χ0n) is 21.5. The van der Waals surface area contributed by atoms with E-state index in [1.807, 2.05) is 36.4 Å². The average Bonchev–Trinajstić information content (AvgIpc) is 3.14. The molecule has 2 aromatic carbocycles. The molecule has 8 heteroatoms. The summed E-state index contributed by atoms with van der Waals surface area (Å²) in [5.74, 6) is -0.381. The highest BCUT2D eigenvalue weighted by molar-refractivity contribution is 6.33. The first kappa shape index (κ1) is 26.7. The fourth-order valence-electron chi connectivity index (χ4n) is 4.15.